The van der Waals surface area contributed by atoms with Crippen LogP contribution in [-0.2, 0) is 22.3 Å². The minimum Gasteiger partial charge on any atom is -0.444 e. The van der Waals surface area contributed by atoms with E-state index in [0.717, 1.165) is 97.4 Å². The SMILES string of the molecule is CC(C)(C)OC(=O)NC1CC2(CCNC2)C1.CCc1cc2c(Cl)nc(Cl)nc2s1.CCc1cc2c(N3CCC4(CC(NC(=O)OC(C)(C)C)C4)C3)nc(Cl)nc2s1.Cl. The van der Waals surface area contributed by atoms with Gasteiger partial charge in [0.25, 0.3) is 0 Å². The highest BCUT2D eigenvalue weighted by Gasteiger charge is 2.50. The van der Waals surface area contributed by atoms with Gasteiger partial charge < -0.3 is 30.3 Å². The lowest BCUT2D eigenvalue weighted by atomic mass is 9.65. The van der Waals surface area contributed by atoms with Crippen LogP contribution in [0.1, 0.15) is 104 Å². The van der Waals surface area contributed by atoms with E-state index in [-0.39, 0.29) is 41.3 Å². The molecule has 0 radical (unpaired) electrons. The Balaban J connectivity index is 0.000000181. The lowest BCUT2D eigenvalue weighted by molar-refractivity contribution is 0.0352. The minimum atomic E-state index is -0.467. The van der Waals surface area contributed by atoms with Crippen LogP contribution >= 0.6 is 69.9 Å². The summed E-state index contributed by atoms with van der Waals surface area (Å²) in [7, 11) is 0. The van der Waals surface area contributed by atoms with E-state index in [9.17, 15) is 9.59 Å². The molecule has 0 unspecified atom stereocenters. The van der Waals surface area contributed by atoms with Gasteiger partial charge in [-0.1, -0.05) is 25.4 Å². The molecule has 6 heterocycles. The number of aryl methyl sites for hydroxylation is 2. The fourth-order valence-corrected chi connectivity index (χ4v) is 10.8. The summed E-state index contributed by atoms with van der Waals surface area (Å²) in [6.45, 7) is 19.7. The molecule has 0 bridgehead atoms. The smallest absolute Gasteiger partial charge is 0.407 e. The van der Waals surface area contributed by atoms with Crippen molar-refractivity contribution in [3.8, 4) is 0 Å². The quantitative estimate of drug-likeness (QED) is 0.131. The average Bonchev–Trinajstić information content (AvgIpc) is 3.88. The Bertz CT molecular complexity index is 2060. The first kappa shape index (κ1) is 46.6. The van der Waals surface area contributed by atoms with Crippen molar-refractivity contribution in [3.05, 3.63) is 37.6 Å². The van der Waals surface area contributed by atoms with Gasteiger partial charge in [-0.3, -0.25) is 0 Å². The fourth-order valence-electron chi connectivity index (χ4n) is 8.15. The number of ether oxygens (including phenoxy) is 2. The molecule has 2 spiro atoms. The summed E-state index contributed by atoms with van der Waals surface area (Å²) in [5, 5.41) is 12.3. The number of thiophene rings is 2. The maximum absolute atomic E-state index is 12.0. The van der Waals surface area contributed by atoms with Crippen LogP contribution in [0.5, 0.6) is 0 Å². The number of aromatic nitrogens is 4. The summed E-state index contributed by atoms with van der Waals surface area (Å²) >= 11 is 21.1. The molecule has 2 aliphatic carbocycles. The Morgan fingerprint density at radius 3 is 1.79 bits per heavy atom. The topological polar surface area (TPSA) is 143 Å². The number of alkyl carbamates (subject to hydrolysis) is 2. The second kappa shape index (κ2) is 18.7. The zero-order valence-electron chi connectivity index (χ0n) is 34.5. The van der Waals surface area contributed by atoms with Crippen LogP contribution in [0.3, 0.4) is 0 Å². The first-order valence-corrected chi connectivity index (χ1v) is 22.5. The second-order valence-electron chi connectivity index (χ2n) is 17.8. The van der Waals surface area contributed by atoms with Crippen LogP contribution in [-0.4, -0.2) is 81.6 Å². The van der Waals surface area contributed by atoms with Crippen molar-refractivity contribution in [2.45, 2.75) is 130 Å². The molecule has 2 saturated heterocycles. The predicted octanol–water partition coefficient (Wildman–Crippen LogP) is 10.4. The third-order valence-corrected chi connectivity index (χ3v) is 13.7. The molecule has 58 heavy (non-hydrogen) atoms. The number of hydrogen-bond acceptors (Lipinski definition) is 12. The molecule has 4 fully saturated rings. The molecule has 2 amide bonds. The fraction of sp³-hybridized carbons (Fsp3) is 0.650. The summed E-state index contributed by atoms with van der Waals surface area (Å²) in [5.74, 6) is 0.950. The number of carbonyl (C=O) groups excluding carboxylic acids is 2. The zero-order valence-corrected chi connectivity index (χ0v) is 39.2. The highest BCUT2D eigenvalue weighted by Crippen LogP contribution is 2.50. The molecule has 4 aromatic heterocycles. The summed E-state index contributed by atoms with van der Waals surface area (Å²) in [6.07, 6.45) is 7.87. The number of amides is 2. The maximum Gasteiger partial charge on any atom is 0.407 e. The summed E-state index contributed by atoms with van der Waals surface area (Å²) in [6, 6.07) is 4.72. The number of halogens is 4. The molecular weight excluding hydrogens is 862 g/mol. The van der Waals surface area contributed by atoms with Gasteiger partial charge in [0, 0.05) is 46.9 Å². The molecular formula is C40H56Cl4N8O4S2. The largest absolute Gasteiger partial charge is 0.444 e. The molecule has 0 atom stereocenters. The minimum absolute atomic E-state index is 0. The van der Waals surface area contributed by atoms with E-state index in [1.54, 1.807) is 22.7 Å². The highest BCUT2D eigenvalue weighted by atomic mass is 35.5. The van der Waals surface area contributed by atoms with E-state index in [1.807, 2.05) is 47.6 Å². The standard InChI is InChI=1S/C20H27ClN4O2S.C12H22N2O2.C8H6Cl2N2S.ClH/c1-5-13-8-14-15(23-17(21)24-16(14)28-13)25-7-6-20(11-25)9-12(10-20)22-18(26)27-19(2,3)4;1-11(2,3)16-10(15)14-9-6-12(7-9)4-5-13-8-12;1-2-4-3-5-6(9)11-8(10)12-7(5)13-4;/h8,12H,5-7,9-11H2,1-4H3,(H,22,26);9,13H,4-8H2,1-3H3,(H,14,15);3H,2H2,1H3;1H. The monoisotopic (exact) mass is 916 g/mol. The van der Waals surface area contributed by atoms with Gasteiger partial charge in [0.1, 0.15) is 31.8 Å². The summed E-state index contributed by atoms with van der Waals surface area (Å²) in [4.78, 5) is 47.2. The van der Waals surface area contributed by atoms with Gasteiger partial charge in [0.15, 0.2) is 0 Å². The van der Waals surface area contributed by atoms with Crippen molar-refractivity contribution in [2.24, 2.45) is 10.8 Å². The highest BCUT2D eigenvalue weighted by molar-refractivity contribution is 7.19. The molecule has 2 aliphatic heterocycles. The number of nitrogens with one attached hydrogen (secondary N) is 3. The summed E-state index contributed by atoms with van der Waals surface area (Å²) < 4.78 is 10.6. The molecule has 3 N–H and O–H groups in total. The van der Waals surface area contributed by atoms with Crippen molar-refractivity contribution in [2.75, 3.05) is 31.1 Å². The average molecular weight is 919 g/mol. The number of anilines is 1. The van der Waals surface area contributed by atoms with Gasteiger partial charge in [-0.05, 0) is 146 Å². The Morgan fingerprint density at radius 2 is 1.29 bits per heavy atom. The van der Waals surface area contributed by atoms with Crippen molar-refractivity contribution in [1.29, 1.82) is 0 Å². The second-order valence-corrected chi connectivity index (χ2v) is 21.0. The van der Waals surface area contributed by atoms with Crippen molar-refractivity contribution >= 4 is 108 Å². The molecule has 8 rings (SSSR count). The number of hydrogen-bond donors (Lipinski definition) is 3. The Kier molecular flexibility index (Phi) is 15.0. The lowest BCUT2D eigenvalue weighted by Crippen LogP contribution is -2.52. The van der Waals surface area contributed by atoms with Crippen molar-refractivity contribution in [3.63, 3.8) is 0 Å². The maximum atomic E-state index is 12.0. The number of fused-ring (bicyclic) bond motifs is 2. The lowest BCUT2D eigenvalue weighted by Gasteiger charge is -2.45. The van der Waals surface area contributed by atoms with Crippen LogP contribution in [0.4, 0.5) is 15.4 Å². The van der Waals surface area contributed by atoms with E-state index in [4.69, 9.17) is 44.3 Å². The van der Waals surface area contributed by atoms with E-state index in [1.165, 1.54) is 16.2 Å². The summed E-state index contributed by atoms with van der Waals surface area (Å²) in [5.41, 5.74) is -0.154. The zero-order chi connectivity index (χ0) is 41.3. The molecule has 0 aromatic carbocycles. The van der Waals surface area contributed by atoms with Crippen LogP contribution in [0.2, 0.25) is 15.7 Å². The first-order chi connectivity index (χ1) is 26.8. The number of nitrogens with zero attached hydrogens (tertiary/aromatic N) is 5. The Hall–Kier alpha value is -2.46. The van der Waals surface area contributed by atoms with Gasteiger partial charge >= 0.3 is 12.2 Å². The van der Waals surface area contributed by atoms with Gasteiger partial charge in [-0.25, -0.2) is 24.5 Å². The van der Waals surface area contributed by atoms with Gasteiger partial charge in [0.2, 0.25) is 10.6 Å². The predicted molar refractivity (Wildman–Crippen MR) is 240 cm³/mol. The molecule has 4 aromatic rings. The van der Waals surface area contributed by atoms with Crippen LogP contribution in [0, 0.1) is 10.8 Å². The molecule has 4 aliphatic rings. The third-order valence-electron chi connectivity index (χ3n) is 10.7. The molecule has 18 heteroatoms. The van der Waals surface area contributed by atoms with Crippen molar-refractivity contribution in [1.82, 2.24) is 35.9 Å². The van der Waals surface area contributed by atoms with Crippen LogP contribution in [0.25, 0.3) is 20.4 Å². The first-order valence-electron chi connectivity index (χ1n) is 19.8. The Morgan fingerprint density at radius 1 is 0.793 bits per heavy atom. The molecule has 320 valence electrons. The van der Waals surface area contributed by atoms with E-state index < -0.39 is 11.2 Å². The van der Waals surface area contributed by atoms with Gasteiger partial charge in [-0.2, -0.15) is 4.98 Å². The van der Waals surface area contributed by atoms with E-state index >= 15 is 0 Å². The molecule has 2 saturated carbocycles. The normalized spacial score (nSPS) is 23.6. The Labute approximate surface area is 370 Å². The van der Waals surface area contributed by atoms with Gasteiger partial charge in [-0.15, -0.1) is 35.1 Å². The number of carbonyl (C=O) groups is 2. The molecule has 12 nitrogen and oxygen atoms in total. The van der Waals surface area contributed by atoms with E-state index in [0.29, 0.717) is 21.9 Å². The van der Waals surface area contributed by atoms with E-state index in [2.05, 4.69) is 60.7 Å². The van der Waals surface area contributed by atoms with Crippen LogP contribution in [0.15, 0.2) is 12.1 Å². The number of rotatable bonds is 5. The third kappa shape index (κ3) is 11.9. The van der Waals surface area contributed by atoms with Crippen molar-refractivity contribution < 1.29 is 19.1 Å². The van der Waals surface area contributed by atoms with Gasteiger partial charge in [0.05, 0.1) is 5.39 Å². The van der Waals surface area contributed by atoms with Crippen LogP contribution < -0.4 is 20.9 Å².